The molecule has 122 valence electrons. The summed E-state index contributed by atoms with van der Waals surface area (Å²) in [6, 6.07) is 4.81. The lowest BCUT2D eigenvalue weighted by atomic mass is 10.2. The molecule has 0 radical (unpaired) electrons. The molecule has 3 heterocycles. The van der Waals surface area contributed by atoms with Gasteiger partial charge in [0.15, 0.2) is 5.82 Å². The van der Waals surface area contributed by atoms with E-state index in [0.29, 0.717) is 25.3 Å². The normalized spacial score (nSPS) is 17.7. The van der Waals surface area contributed by atoms with Gasteiger partial charge in [0, 0.05) is 44.7 Å². The first-order valence-electron chi connectivity index (χ1n) is 7.86. The number of aromatic nitrogens is 3. The number of hydrogen-bond acceptors (Lipinski definition) is 4. The summed E-state index contributed by atoms with van der Waals surface area (Å²) >= 11 is 0. The Morgan fingerprint density at radius 3 is 2.83 bits per heavy atom. The van der Waals surface area contributed by atoms with Gasteiger partial charge in [0.25, 0.3) is 11.5 Å². The van der Waals surface area contributed by atoms with Crippen LogP contribution in [0.25, 0.3) is 0 Å². The molecule has 0 aliphatic carbocycles. The largest absolute Gasteiger partial charge is 0.372 e. The molecule has 1 fully saturated rings. The summed E-state index contributed by atoms with van der Waals surface area (Å²) in [6.45, 7) is 3.34. The van der Waals surface area contributed by atoms with Crippen LogP contribution in [0.5, 0.6) is 0 Å². The van der Waals surface area contributed by atoms with Gasteiger partial charge < -0.3 is 9.88 Å². The third-order valence-electron chi connectivity index (χ3n) is 3.97. The number of carbonyl (C=O) groups is 1. The van der Waals surface area contributed by atoms with E-state index in [4.69, 9.17) is 0 Å². The highest BCUT2D eigenvalue weighted by molar-refractivity contribution is 6.00. The Morgan fingerprint density at radius 1 is 1.30 bits per heavy atom. The molecule has 1 N–H and O–H groups in total. The number of amides is 1. The van der Waals surface area contributed by atoms with E-state index in [-0.39, 0.29) is 17.5 Å². The van der Waals surface area contributed by atoms with Gasteiger partial charge in [-0.1, -0.05) is 6.92 Å². The van der Waals surface area contributed by atoms with Gasteiger partial charge in [-0.2, -0.15) is 5.10 Å². The van der Waals surface area contributed by atoms with E-state index in [9.17, 15) is 9.59 Å². The highest BCUT2D eigenvalue weighted by Crippen LogP contribution is 2.21. The average molecular weight is 315 g/mol. The van der Waals surface area contributed by atoms with Crippen LogP contribution in [0.1, 0.15) is 19.8 Å². The molecule has 1 saturated heterocycles. The van der Waals surface area contributed by atoms with Crippen molar-refractivity contribution in [3.05, 3.63) is 40.9 Å². The Kier molecular flexibility index (Phi) is 4.18. The maximum Gasteiger partial charge on any atom is 0.250 e. The number of pyridine rings is 1. The summed E-state index contributed by atoms with van der Waals surface area (Å²) in [5, 5.41) is 7.52. The first kappa shape index (κ1) is 15.3. The molecule has 23 heavy (non-hydrogen) atoms. The van der Waals surface area contributed by atoms with Crippen molar-refractivity contribution in [1.82, 2.24) is 14.3 Å². The van der Waals surface area contributed by atoms with Crippen LogP contribution in [-0.2, 0) is 18.4 Å². The summed E-state index contributed by atoms with van der Waals surface area (Å²) in [5.74, 6) is 0.690. The maximum absolute atomic E-state index is 12.5. The van der Waals surface area contributed by atoms with Crippen molar-refractivity contribution in [2.45, 2.75) is 32.4 Å². The lowest BCUT2D eigenvalue weighted by Crippen LogP contribution is -2.34. The summed E-state index contributed by atoms with van der Waals surface area (Å²) in [7, 11) is 1.83. The van der Waals surface area contributed by atoms with Gasteiger partial charge >= 0.3 is 0 Å². The highest BCUT2D eigenvalue weighted by Gasteiger charge is 2.33. The van der Waals surface area contributed by atoms with Crippen molar-refractivity contribution in [2.24, 2.45) is 7.05 Å². The molecular weight excluding hydrogens is 294 g/mol. The second-order valence-corrected chi connectivity index (χ2v) is 5.77. The number of nitrogens with one attached hydrogen (secondary N) is 1. The number of nitrogens with zero attached hydrogens (tertiary/aromatic N) is 4. The molecule has 0 saturated carbocycles. The minimum atomic E-state index is -0.287. The van der Waals surface area contributed by atoms with E-state index in [2.05, 4.69) is 10.4 Å². The predicted molar refractivity (Wildman–Crippen MR) is 88.6 cm³/mol. The molecule has 1 aliphatic rings. The molecule has 2 aromatic heterocycles. The topological polar surface area (TPSA) is 72.2 Å². The van der Waals surface area contributed by atoms with Crippen LogP contribution < -0.4 is 15.8 Å². The van der Waals surface area contributed by atoms with Crippen LogP contribution in [0.15, 0.2) is 35.4 Å². The second-order valence-electron chi connectivity index (χ2n) is 5.77. The molecule has 0 aromatic carbocycles. The van der Waals surface area contributed by atoms with Crippen molar-refractivity contribution in [3.63, 3.8) is 0 Å². The molecule has 7 heteroatoms. The Bertz CT molecular complexity index is 764. The van der Waals surface area contributed by atoms with Crippen LogP contribution in [0.3, 0.4) is 0 Å². The number of rotatable bonds is 5. The van der Waals surface area contributed by atoms with Crippen molar-refractivity contribution >= 4 is 17.4 Å². The van der Waals surface area contributed by atoms with Gasteiger partial charge in [-0.25, -0.2) is 0 Å². The van der Waals surface area contributed by atoms with E-state index in [1.807, 2.05) is 26.2 Å². The van der Waals surface area contributed by atoms with Gasteiger partial charge in [0.2, 0.25) is 0 Å². The Labute approximate surface area is 134 Å². The predicted octanol–water partition coefficient (Wildman–Crippen LogP) is 1.21. The number of carbonyl (C=O) groups excluding carboxylic acids is 1. The summed E-state index contributed by atoms with van der Waals surface area (Å²) in [5.41, 5.74) is 0.768. The fraction of sp³-hybridized carbons (Fsp3) is 0.438. The van der Waals surface area contributed by atoms with Crippen LogP contribution in [0.4, 0.5) is 11.5 Å². The summed E-state index contributed by atoms with van der Waals surface area (Å²) < 4.78 is 3.35. The van der Waals surface area contributed by atoms with Crippen LogP contribution in [-0.4, -0.2) is 32.8 Å². The molecular formula is C16H21N5O2. The number of aryl methyl sites for hydroxylation is 2. The van der Waals surface area contributed by atoms with E-state index >= 15 is 0 Å². The molecule has 3 rings (SSSR count). The third-order valence-corrected chi connectivity index (χ3v) is 3.97. The summed E-state index contributed by atoms with van der Waals surface area (Å²) in [4.78, 5) is 26.0. The molecule has 1 unspecified atom stereocenters. The van der Waals surface area contributed by atoms with Crippen LogP contribution in [0.2, 0.25) is 0 Å². The zero-order chi connectivity index (χ0) is 16.4. The van der Waals surface area contributed by atoms with E-state index in [1.54, 1.807) is 26.4 Å². The monoisotopic (exact) mass is 315 g/mol. The lowest BCUT2D eigenvalue weighted by Gasteiger charge is -2.16. The Hall–Kier alpha value is -2.57. The van der Waals surface area contributed by atoms with Gasteiger partial charge in [0.05, 0.1) is 5.69 Å². The van der Waals surface area contributed by atoms with E-state index in [0.717, 1.165) is 12.1 Å². The number of anilines is 2. The summed E-state index contributed by atoms with van der Waals surface area (Å²) in [6.07, 6.45) is 5.20. The first-order valence-corrected chi connectivity index (χ1v) is 7.86. The molecule has 2 aromatic rings. The minimum Gasteiger partial charge on any atom is -0.372 e. The van der Waals surface area contributed by atoms with Gasteiger partial charge in [0.1, 0.15) is 6.04 Å². The Morgan fingerprint density at radius 2 is 2.13 bits per heavy atom. The van der Waals surface area contributed by atoms with E-state index in [1.165, 1.54) is 6.07 Å². The quantitative estimate of drug-likeness (QED) is 0.900. The average Bonchev–Trinajstić information content (AvgIpc) is 3.10. The van der Waals surface area contributed by atoms with Crippen molar-refractivity contribution < 1.29 is 4.79 Å². The fourth-order valence-corrected chi connectivity index (χ4v) is 2.82. The van der Waals surface area contributed by atoms with Crippen LogP contribution in [0, 0.1) is 0 Å². The minimum absolute atomic E-state index is 0.0111. The van der Waals surface area contributed by atoms with Gasteiger partial charge in [-0.15, -0.1) is 0 Å². The third kappa shape index (κ3) is 3.13. The smallest absolute Gasteiger partial charge is 0.250 e. The zero-order valence-electron chi connectivity index (χ0n) is 13.4. The highest BCUT2D eigenvalue weighted by atomic mass is 16.2. The maximum atomic E-state index is 12.5. The second kappa shape index (κ2) is 6.28. The van der Waals surface area contributed by atoms with Gasteiger partial charge in [-0.05, 0) is 18.9 Å². The Balaban J connectivity index is 1.73. The SMILES string of the molecule is CCCn1cc(NC2CCN(c3ccn(C)n3)C2=O)ccc1=O. The standard InChI is InChI=1S/C16H21N5O2/c1-3-8-20-11-12(4-5-15(20)22)17-13-6-10-21(16(13)23)14-7-9-19(2)18-14/h4-5,7,9,11,13,17H,3,6,8,10H2,1-2H3. The van der Waals surface area contributed by atoms with Crippen molar-refractivity contribution in [1.29, 1.82) is 0 Å². The molecule has 1 atom stereocenters. The lowest BCUT2D eigenvalue weighted by molar-refractivity contribution is -0.117. The first-order chi connectivity index (χ1) is 11.1. The molecule has 0 bridgehead atoms. The van der Waals surface area contributed by atoms with Crippen molar-refractivity contribution in [2.75, 3.05) is 16.8 Å². The van der Waals surface area contributed by atoms with Gasteiger partial charge in [-0.3, -0.25) is 19.2 Å². The molecule has 7 nitrogen and oxygen atoms in total. The molecule has 1 aliphatic heterocycles. The fourth-order valence-electron chi connectivity index (χ4n) is 2.82. The molecule has 1 amide bonds. The van der Waals surface area contributed by atoms with E-state index < -0.39 is 0 Å². The van der Waals surface area contributed by atoms with Crippen LogP contribution >= 0.6 is 0 Å². The number of hydrogen-bond donors (Lipinski definition) is 1. The zero-order valence-corrected chi connectivity index (χ0v) is 13.4. The van der Waals surface area contributed by atoms with Crippen molar-refractivity contribution in [3.8, 4) is 0 Å². The molecule has 0 spiro atoms.